The van der Waals surface area contributed by atoms with E-state index in [1.165, 1.54) is 0 Å². The summed E-state index contributed by atoms with van der Waals surface area (Å²) in [7, 11) is 0. The highest BCUT2D eigenvalue weighted by Gasteiger charge is 2.31. The minimum atomic E-state index is -0.336. The van der Waals surface area contributed by atoms with Gasteiger partial charge >= 0.3 is 0 Å². The number of nitrogens with zero attached hydrogens (tertiary/aromatic N) is 3. The Morgan fingerprint density at radius 1 is 1.39 bits per heavy atom. The van der Waals surface area contributed by atoms with E-state index in [0.29, 0.717) is 18.1 Å². The fourth-order valence-electron chi connectivity index (χ4n) is 2.40. The normalized spacial score (nSPS) is 23.4. The van der Waals surface area contributed by atoms with Gasteiger partial charge in [0.1, 0.15) is 0 Å². The SMILES string of the molecule is OC1CCCC1c1nc(Cc2cccnc2)no1. The van der Waals surface area contributed by atoms with Crippen molar-refractivity contribution in [2.24, 2.45) is 0 Å². The van der Waals surface area contributed by atoms with E-state index in [-0.39, 0.29) is 12.0 Å². The van der Waals surface area contributed by atoms with Gasteiger partial charge in [0.2, 0.25) is 5.89 Å². The molecule has 0 bridgehead atoms. The summed E-state index contributed by atoms with van der Waals surface area (Å²) >= 11 is 0. The molecule has 1 aliphatic rings. The van der Waals surface area contributed by atoms with Crippen molar-refractivity contribution in [1.29, 1.82) is 0 Å². The first kappa shape index (κ1) is 11.3. The molecule has 2 heterocycles. The summed E-state index contributed by atoms with van der Waals surface area (Å²) in [5.41, 5.74) is 1.05. The summed E-state index contributed by atoms with van der Waals surface area (Å²) in [5.74, 6) is 1.23. The van der Waals surface area contributed by atoms with Crippen molar-refractivity contribution in [1.82, 2.24) is 15.1 Å². The van der Waals surface area contributed by atoms with Crippen LogP contribution in [0.25, 0.3) is 0 Å². The van der Waals surface area contributed by atoms with Crippen LogP contribution in [0, 0.1) is 0 Å². The number of pyridine rings is 1. The minimum absolute atomic E-state index is 0.0140. The molecule has 1 fully saturated rings. The van der Waals surface area contributed by atoms with Gasteiger partial charge in [-0.3, -0.25) is 4.98 Å². The van der Waals surface area contributed by atoms with E-state index in [1.807, 2.05) is 12.1 Å². The topological polar surface area (TPSA) is 72.0 Å². The maximum atomic E-state index is 9.80. The number of rotatable bonds is 3. The zero-order valence-electron chi connectivity index (χ0n) is 9.99. The van der Waals surface area contributed by atoms with E-state index in [1.54, 1.807) is 12.4 Å². The molecule has 2 aromatic heterocycles. The first-order chi connectivity index (χ1) is 8.83. The van der Waals surface area contributed by atoms with Crippen molar-refractivity contribution < 1.29 is 9.63 Å². The lowest BCUT2D eigenvalue weighted by molar-refractivity contribution is 0.148. The molecule has 0 saturated heterocycles. The molecule has 2 unspecified atom stereocenters. The van der Waals surface area contributed by atoms with E-state index in [2.05, 4.69) is 15.1 Å². The van der Waals surface area contributed by atoms with Crippen LogP contribution in [0.5, 0.6) is 0 Å². The van der Waals surface area contributed by atoms with Crippen LogP contribution in [0.4, 0.5) is 0 Å². The van der Waals surface area contributed by atoms with Gasteiger partial charge in [-0.05, 0) is 30.9 Å². The van der Waals surface area contributed by atoms with Crippen LogP contribution >= 0.6 is 0 Å². The second-order valence-electron chi connectivity index (χ2n) is 4.69. The molecule has 0 radical (unpaired) electrons. The molecule has 0 amide bonds. The zero-order valence-corrected chi connectivity index (χ0v) is 9.99. The Bertz CT molecular complexity index is 512. The molecule has 5 nitrogen and oxygen atoms in total. The summed E-state index contributed by atoms with van der Waals surface area (Å²) in [6, 6.07) is 3.87. The lowest BCUT2D eigenvalue weighted by Gasteiger charge is -2.07. The number of hydrogen-bond donors (Lipinski definition) is 1. The third-order valence-electron chi connectivity index (χ3n) is 3.37. The summed E-state index contributed by atoms with van der Waals surface area (Å²) in [4.78, 5) is 8.42. The molecule has 1 N–H and O–H groups in total. The largest absolute Gasteiger partial charge is 0.392 e. The van der Waals surface area contributed by atoms with Crippen molar-refractivity contribution in [3.05, 3.63) is 41.8 Å². The predicted molar refractivity (Wildman–Crippen MR) is 63.9 cm³/mol. The number of aliphatic hydroxyl groups is 1. The number of hydrogen-bond acceptors (Lipinski definition) is 5. The van der Waals surface area contributed by atoms with Crippen LogP contribution in [0.15, 0.2) is 29.0 Å². The highest BCUT2D eigenvalue weighted by Crippen LogP contribution is 2.33. The van der Waals surface area contributed by atoms with E-state index >= 15 is 0 Å². The van der Waals surface area contributed by atoms with E-state index in [4.69, 9.17) is 4.52 Å². The molecule has 1 aliphatic carbocycles. The Morgan fingerprint density at radius 2 is 2.33 bits per heavy atom. The van der Waals surface area contributed by atoms with Crippen LogP contribution in [0.2, 0.25) is 0 Å². The molecule has 94 valence electrons. The molecule has 1 saturated carbocycles. The highest BCUT2D eigenvalue weighted by atomic mass is 16.5. The van der Waals surface area contributed by atoms with Gasteiger partial charge in [0.25, 0.3) is 0 Å². The third kappa shape index (κ3) is 2.26. The van der Waals surface area contributed by atoms with Gasteiger partial charge in [-0.1, -0.05) is 11.2 Å². The zero-order chi connectivity index (χ0) is 12.4. The van der Waals surface area contributed by atoms with E-state index in [0.717, 1.165) is 24.8 Å². The fraction of sp³-hybridized carbons (Fsp3) is 0.462. The molecule has 0 aromatic carbocycles. The smallest absolute Gasteiger partial charge is 0.232 e. The second-order valence-corrected chi connectivity index (χ2v) is 4.69. The Labute approximate surface area is 105 Å². The van der Waals surface area contributed by atoms with Crippen LogP contribution in [0.3, 0.4) is 0 Å². The van der Waals surface area contributed by atoms with Crippen molar-refractivity contribution >= 4 is 0 Å². The third-order valence-corrected chi connectivity index (χ3v) is 3.37. The molecule has 18 heavy (non-hydrogen) atoms. The molecule has 2 aromatic rings. The first-order valence-corrected chi connectivity index (χ1v) is 6.22. The average Bonchev–Trinajstić information content (AvgIpc) is 2.99. The van der Waals surface area contributed by atoms with Crippen molar-refractivity contribution in [3.63, 3.8) is 0 Å². The lowest BCUT2D eigenvalue weighted by Crippen LogP contribution is -2.11. The average molecular weight is 245 g/mol. The van der Waals surface area contributed by atoms with Gasteiger partial charge in [-0.25, -0.2) is 0 Å². The monoisotopic (exact) mass is 245 g/mol. The van der Waals surface area contributed by atoms with Gasteiger partial charge in [0, 0.05) is 18.8 Å². The highest BCUT2D eigenvalue weighted by molar-refractivity contribution is 5.14. The molecule has 5 heteroatoms. The number of aliphatic hydroxyl groups excluding tert-OH is 1. The predicted octanol–water partition coefficient (Wildman–Crippen LogP) is 1.68. The molecule has 3 rings (SSSR count). The molecular formula is C13H15N3O2. The van der Waals surface area contributed by atoms with Crippen molar-refractivity contribution in [2.45, 2.75) is 37.7 Å². The standard InChI is InChI=1S/C13H15N3O2/c17-11-5-1-4-10(11)13-15-12(16-18-13)7-9-3-2-6-14-8-9/h2-3,6,8,10-11,17H,1,4-5,7H2. The number of aromatic nitrogens is 3. The second kappa shape index (κ2) is 4.86. The summed E-state index contributed by atoms with van der Waals surface area (Å²) in [6.45, 7) is 0. The maximum absolute atomic E-state index is 9.80. The Kier molecular flexibility index (Phi) is 3.06. The summed E-state index contributed by atoms with van der Waals surface area (Å²) < 4.78 is 5.25. The maximum Gasteiger partial charge on any atom is 0.232 e. The van der Waals surface area contributed by atoms with Crippen molar-refractivity contribution in [2.75, 3.05) is 0 Å². The quantitative estimate of drug-likeness (QED) is 0.890. The Hall–Kier alpha value is -1.75. The summed E-state index contributed by atoms with van der Waals surface area (Å²) in [6.07, 6.45) is 6.57. The first-order valence-electron chi connectivity index (χ1n) is 6.22. The fourth-order valence-corrected chi connectivity index (χ4v) is 2.40. The molecular weight excluding hydrogens is 230 g/mol. The van der Waals surface area contributed by atoms with E-state index < -0.39 is 0 Å². The van der Waals surface area contributed by atoms with Crippen LogP contribution in [-0.4, -0.2) is 26.3 Å². The van der Waals surface area contributed by atoms with Crippen LogP contribution in [-0.2, 0) is 6.42 Å². The van der Waals surface area contributed by atoms with Crippen LogP contribution in [0.1, 0.15) is 42.5 Å². The van der Waals surface area contributed by atoms with Gasteiger partial charge in [0.05, 0.1) is 12.0 Å². The van der Waals surface area contributed by atoms with Gasteiger partial charge in [-0.15, -0.1) is 0 Å². The van der Waals surface area contributed by atoms with Gasteiger partial charge in [0.15, 0.2) is 5.82 Å². The lowest BCUT2D eigenvalue weighted by atomic mass is 10.1. The van der Waals surface area contributed by atoms with Crippen LogP contribution < -0.4 is 0 Å². The van der Waals surface area contributed by atoms with Gasteiger partial charge in [-0.2, -0.15) is 4.98 Å². The summed E-state index contributed by atoms with van der Waals surface area (Å²) in [5, 5.41) is 13.8. The molecule has 0 aliphatic heterocycles. The Morgan fingerprint density at radius 3 is 3.06 bits per heavy atom. The minimum Gasteiger partial charge on any atom is -0.392 e. The van der Waals surface area contributed by atoms with Gasteiger partial charge < -0.3 is 9.63 Å². The molecule has 0 spiro atoms. The molecule has 2 atom stereocenters. The van der Waals surface area contributed by atoms with Crippen molar-refractivity contribution in [3.8, 4) is 0 Å². The van der Waals surface area contributed by atoms with E-state index in [9.17, 15) is 5.11 Å². The Balaban J connectivity index is 1.74.